The highest BCUT2D eigenvalue weighted by Gasteiger charge is 1.95. The smallest absolute Gasteiger partial charge is 0.247 e. The van der Waals surface area contributed by atoms with Crippen molar-refractivity contribution < 1.29 is 4.79 Å². The van der Waals surface area contributed by atoms with Crippen LogP contribution in [0.3, 0.4) is 0 Å². The first-order valence-corrected chi connectivity index (χ1v) is 4.51. The molecule has 0 saturated carbocycles. The number of hydrogen-bond donors (Lipinski definition) is 2. The van der Waals surface area contributed by atoms with Crippen molar-refractivity contribution >= 4 is 17.3 Å². The molecule has 3 heteroatoms. The van der Waals surface area contributed by atoms with Gasteiger partial charge < -0.3 is 11.1 Å². The molecule has 0 aliphatic heterocycles. The highest BCUT2D eigenvalue weighted by Crippen LogP contribution is 2.11. The molecule has 1 amide bonds. The van der Waals surface area contributed by atoms with Gasteiger partial charge in [0.1, 0.15) is 0 Å². The fourth-order valence-electron chi connectivity index (χ4n) is 0.810. The molecule has 0 aliphatic carbocycles. The number of nitrogens with two attached hydrogens (primary N) is 1. The summed E-state index contributed by atoms with van der Waals surface area (Å²) in [5.41, 5.74) is 6.80. The number of rotatable bonds is 2. The van der Waals surface area contributed by atoms with Crippen LogP contribution < -0.4 is 11.1 Å². The van der Waals surface area contributed by atoms with Crippen LogP contribution in [0.25, 0.3) is 0 Å². The summed E-state index contributed by atoms with van der Waals surface area (Å²) < 4.78 is 0. The first kappa shape index (κ1) is 12.2. The molecule has 1 aromatic rings. The van der Waals surface area contributed by atoms with Gasteiger partial charge in [-0.15, -0.1) is 0 Å². The minimum Gasteiger partial charge on any atom is -0.399 e. The van der Waals surface area contributed by atoms with Crippen molar-refractivity contribution in [1.29, 1.82) is 0 Å². The predicted octanol–water partition coefficient (Wildman–Crippen LogP) is 2.42. The second kappa shape index (κ2) is 6.71. The van der Waals surface area contributed by atoms with Gasteiger partial charge in [-0.25, -0.2) is 0 Å². The molecular weight excluding hydrogens is 176 g/mol. The van der Waals surface area contributed by atoms with Crippen LogP contribution in [0.4, 0.5) is 11.4 Å². The Morgan fingerprint density at radius 3 is 2.64 bits per heavy atom. The quantitative estimate of drug-likeness (QED) is 0.558. The van der Waals surface area contributed by atoms with Gasteiger partial charge in [-0.1, -0.05) is 26.5 Å². The van der Waals surface area contributed by atoms with Crippen LogP contribution in [0.5, 0.6) is 0 Å². The average molecular weight is 192 g/mol. The van der Waals surface area contributed by atoms with Crippen LogP contribution in [-0.2, 0) is 4.79 Å². The van der Waals surface area contributed by atoms with Gasteiger partial charge in [-0.05, 0) is 24.3 Å². The minimum atomic E-state index is -0.236. The average Bonchev–Trinajstić information content (AvgIpc) is 2.21. The highest BCUT2D eigenvalue weighted by atomic mass is 16.1. The molecule has 0 heterocycles. The van der Waals surface area contributed by atoms with Crippen molar-refractivity contribution in [1.82, 2.24) is 0 Å². The number of anilines is 2. The summed E-state index contributed by atoms with van der Waals surface area (Å²) in [7, 11) is 0. The predicted molar refractivity (Wildman–Crippen MR) is 61.0 cm³/mol. The third kappa shape index (κ3) is 4.30. The Kier molecular flexibility index (Phi) is 5.87. The number of nitrogens with one attached hydrogen (secondary N) is 1. The lowest BCUT2D eigenvalue weighted by Gasteiger charge is -2.01. The molecule has 0 aromatic heterocycles. The Morgan fingerprint density at radius 2 is 2.14 bits per heavy atom. The largest absolute Gasteiger partial charge is 0.399 e. The SMILES string of the molecule is C=CC(=O)Nc1cccc(N)c1.CC. The minimum absolute atomic E-state index is 0.236. The standard InChI is InChI=1S/C9H10N2O.C2H6/c1-2-9(12)11-8-5-3-4-7(10)6-8;1-2/h2-6H,1,10H2,(H,11,12);1-2H3. The number of carbonyl (C=O) groups is 1. The molecule has 0 bridgehead atoms. The molecule has 76 valence electrons. The second-order valence-electron chi connectivity index (χ2n) is 2.32. The Morgan fingerprint density at radius 1 is 1.50 bits per heavy atom. The monoisotopic (exact) mass is 192 g/mol. The Labute approximate surface area is 84.6 Å². The maximum atomic E-state index is 10.8. The van der Waals surface area contributed by atoms with E-state index in [2.05, 4.69) is 11.9 Å². The van der Waals surface area contributed by atoms with E-state index < -0.39 is 0 Å². The van der Waals surface area contributed by atoms with Gasteiger partial charge in [0.25, 0.3) is 0 Å². The van der Waals surface area contributed by atoms with Crippen LogP contribution in [-0.4, -0.2) is 5.91 Å². The lowest BCUT2D eigenvalue weighted by Crippen LogP contribution is -2.07. The number of benzene rings is 1. The molecule has 14 heavy (non-hydrogen) atoms. The van der Waals surface area contributed by atoms with Crippen LogP contribution in [0.15, 0.2) is 36.9 Å². The second-order valence-corrected chi connectivity index (χ2v) is 2.32. The number of amides is 1. The first-order valence-electron chi connectivity index (χ1n) is 4.51. The molecular formula is C11H16N2O. The zero-order valence-electron chi connectivity index (χ0n) is 8.58. The van der Waals surface area contributed by atoms with E-state index in [4.69, 9.17) is 5.73 Å². The highest BCUT2D eigenvalue weighted by molar-refractivity contribution is 5.99. The van der Waals surface area contributed by atoms with Crippen molar-refractivity contribution in [3.8, 4) is 0 Å². The van der Waals surface area contributed by atoms with Gasteiger partial charge in [0.15, 0.2) is 0 Å². The van der Waals surface area contributed by atoms with Crippen molar-refractivity contribution in [3.63, 3.8) is 0 Å². The molecule has 1 rings (SSSR count). The van der Waals surface area contributed by atoms with E-state index in [9.17, 15) is 4.79 Å². The normalized spacial score (nSPS) is 8.14. The molecule has 0 aliphatic rings. The zero-order valence-corrected chi connectivity index (χ0v) is 8.58. The molecule has 0 atom stereocenters. The van der Waals surface area contributed by atoms with Gasteiger partial charge in [0, 0.05) is 11.4 Å². The lowest BCUT2D eigenvalue weighted by atomic mass is 10.3. The Balaban J connectivity index is 0.000000791. The first-order chi connectivity index (χ1) is 6.72. The molecule has 3 nitrogen and oxygen atoms in total. The van der Waals surface area contributed by atoms with E-state index in [0.29, 0.717) is 11.4 Å². The summed E-state index contributed by atoms with van der Waals surface area (Å²) in [5.74, 6) is -0.236. The van der Waals surface area contributed by atoms with Gasteiger partial charge in [0.05, 0.1) is 0 Å². The molecule has 0 radical (unpaired) electrons. The van der Waals surface area contributed by atoms with E-state index in [-0.39, 0.29) is 5.91 Å². The summed E-state index contributed by atoms with van der Waals surface area (Å²) in [4.78, 5) is 10.8. The van der Waals surface area contributed by atoms with E-state index >= 15 is 0 Å². The van der Waals surface area contributed by atoms with E-state index in [0.717, 1.165) is 0 Å². The van der Waals surface area contributed by atoms with Crippen molar-refractivity contribution in [2.45, 2.75) is 13.8 Å². The third-order valence-electron chi connectivity index (χ3n) is 1.34. The van der Waals surface area contributed by atoms with Gasteiger partial charge in [-0.2, -0.15) is 0 Å². The fraction of sp³-hybridized carbons (Fsp3) is 0.182. The number of hydrogen-bond acceptors (Lipinski definition) is 2. The third-order valence-corrected chi connectivity index (χ3v) is 1.34. The number of carbonyl (C=O) groups excluding carboxylic acids is 1. The van der Waals surface area contributed by atoms with Crippen molar-refractivity contribution in [2.24, 2.45) is 0 Å². The maximum Gasteiger partial charge on any atom is 0.247 e. The summed E-state index contributed by atoms with van der Waals surface area (Å²) in [6.45, 7) is 7.34. The van der Waals surface area contributed by atoms with Crippen molar-refractivity contribution in [2.75, 3.05) is 11.1 Å². The zero-order chi connectivity index (χ0) is 11.0. The van der Waals surface area contributed by atoms with Crippen LogP contribution in [0, 0.1) is 0 Å². The summed E-state index contributed by atoms with van der Waals surface area (Å²) in [6, 6.07) is 6.97. The van der Waals surface area contributed by atoms with E-state index in [1.165, 1.54) is 6.08 Å². The molecule has 3 N–H and O–H groups in total. The van der Waals surface area contributed by atoms with E-state index in [1.54, 1.807) is 24.3 Å². The van der Waals surface area contributed by atoms with Crippen LogP contribution in [0.2, 0.25) is 0 Å². The molecule has 0 unspecified atom stereocenters. The van der Waals surface area contributed by atoms with Crippen LogP contribution >= 0.6 is 0 Å². The molecule has 0 saturated heterocycles. The summed E-state index contributed by atoms with van der Waals surface area (Å²) in [5, 5.41) is 2.60. The summed E-state index contributed by atoms with van der Waals surface area (Å²) in [6.07, 6.45) is 1.21. The topological polar surface area (TPSA) is 55.1 Å². The van der Waals surface area contributed by atoms with Gasteiger partial charge >= 0.3 is 0 Å². The van der Waals surface area contributed by atoms with Gasteiger partial charge in [0.2, 0.25) is 5.91 Å². The molecule has 0 spiro atoms. The summed E-state index contributed by atoms with van der Waals surface area (Å²) >= 11 is 0. The molecule has 0 fully saturated rings. The van der Waals surface area contributed by atoms with Gasteiger partial charge in [-0.3, -0.25) is 4.79 Å². The Hall–Kier alpha value is -1.77. The molecule has 1 aromatic carbocycles. The van der Waals surface area contributed by atoms with Crippen LogP contribution in [0.1, 0.15) is 13.8 Å². The number of nitrogen functional groups attached to an aromatic ring is 1. The van der Waals surface area contributed by atoms with Crippen molar-refractivity contribution in [3.05, 3.63) is 36.9 Å². The fourth-order valence-corrected chi connectivity index (χ4v) is 0.810. The Bertz CT molecular complexity index is 308. The maximum absolute atomic E-state index is 10.8. The lowest BCUT2D eigenvalue weighted by molar-refractivity contribution is -0.111. The van der Waals surface area contributed by atoms with E-state index in [1.807, 2.05) is 13.8 Å².